The maximum atomic E-state index is 8.24. The minimum atomic E-state index is 0.191. The number of fused-ring (bicyclic) bond motifs is 7. The van der Waals surface area contributed by atoms with Crippen molar-refractivity contribution in [2.45, 2.75) is 13.1 Å². The van der Waals surface area contributed by atoms with Crippen LogP contribution in [0, 0.1) is 5.92 Å². The van der Waals surface area contributed by atoms with Crippen LogP contribution in [0.4, 0.5) is 0 Å². The van der Waals surface area contributed by atoms with Crippen molar-refractivity contribution in [1.82, 2.24) is 4.90 Å². The van der Waals surface area contributed by atoms with Crippen molar-refractivity contribution in [1.29, 1.82) is 0 Å². The molecule has 0 radical (unpaired) electrons. The maximum Gasteiger partial charge on any atom is 0.0583 e. The van der Waals surface area contributed by atoms with Crippen LogP contribution >= 0.6 is 0 Å². The third-order valence-corrected chi connectivity index (χ3v) is 6.27. The molecule has 0 saturated carbocycles. The van der Waals surface area contributed by atoms with E-state index in [1.165, 1.54) is 43.8 Å². The quantitative estimate of drug-likeness (QED) is 0.376. The van der Waals surface area contributed by atoms with Gasteiger partial charge >= 0.3 is 0 Å². The third kappa shape index (κ3) is 2.82. The monoisotopic (exact) mass is 374 g/mol. The first kappa shape index (κ1) is 15.7. The standard InChI is InChI=1S/C28H23N/c1-2-8-20(7-1)17-29-18-23-15-13-21-9-3-5-11-25(21)27(23)28-24(19-29)16-14-22-10-4-6-12-26(22)28/h1-16,20H,17-19H2/i7D. The second-order valence-electron chi connectivity index (χ2n) is 8.14. The molecule has 1 heteroatoms. The zero-order valence-electron chi connectivity index (χ0n) is 17.3. The van der Waals surface area contributed by atoms with E-state index in [1.54, 1.807) is 0 Å². The number of hydrogen-bond acceptors (Lipinski definition) is 1. The molecule has 0 spiro atoms. The SMILES string of the molecule is [2H]C1=CC=CC1CN1Cc2ccc3ccccc3c2-c2c(ccc3ccccc23)C1. The highest BCUT2D eigenvalue weighted by Gasteiger charge is 2.24. The van der Waals surface area contributed by atoms with Crippen LogP contribution in [-0.2, 0) is 13.1 Å². The van der Waals surface area contributed by atoms with E-state index in [4.69, 9.17) is 1.37 Å². The van der Waals surface area contributed by atoms with Gasteiger partial charge in [0.2, 0.25) is 0 Å². The van der Waals surface area contributed by atoms with E-state index in [-0.39, 0.29) is 5.92 Å². The molecule has 4 aromatic carbocycles. The Morgan fingerprint density at radius 3 is 1.86 bits per heavy atom. The normalized spacial score (nSPS) is 19.0. The van der Waals surface area contributed by atoms with E-state index in [0.29, 0.717) is 0 Å². The van der Waals surface area contributed by atoms with E-state index in [1.807, 2.05) is 12.2 Å². The van der Waals surface area contributed by atoms with Gasteiger partial charge in [-0.3, -0.25) is 4.90 Å². The molecular formula is C28H23N. The Morgan fingerprint density at radius 2 is 1.31 bits per heavy atom. The summed E-state index contributed by atoms with van der Waals surface area (Å²) in [7, 11) is 0. The van der Waals surface area contributed by atoms with Gasteiger partial charge in [-0.15, -0.1) is 0 Å². The van der Waals surface area contributed by atoms with Gasteiger partial charge in [0.25, 0.3) is 0 Å². The van der Waals surface area contributed by atoms with Gasteiger partial charge < -0.3 is 0 Å². The van der Waals surface area contributed by atoms with Crippen molar-refractivity contribution >= 4 is 21.5 Å². The highest BCUT2D eigenvalue weighted by atomic mass is 15.1. The number of allylic oxidation sites excluding steroid dienone is 2. The summed E-state index contributed by atoms with van der Waals surface area (Å²) < 4.78 is 8.24. The van der Waals surface area contributed by atoms with Crippen molar-refractivity contribution in [3.05, 3.63) is 108 Å². The Bertz CT molecular complexity index is 1260. The maximum absolute atomic E-state index is 8.24. The second-order valence-corrected chi connectivity index (χ2v) is 8.14. The molecule has 1 unspecified atom stereocenters. The minimum Gasteiger partial charge on any atom is -0.294 e. The largest absolute Gasteiger partial charge is 0.294 e. The van der Waals surface area contributed by atoms with Gasteiger partial charge in [0.05, 0.1) is 1.37 Å². The predicted octanol–water partition coefficient (Wildman–Crippen LogP) is 6.72. The third-order valence-electron chi connectivity index (χ3n) is 6.27. The lowest BCUT2D eigenvalue weighted by Crippen LogP contribution is -2.26. The van der Waals surface area contributed by atoms with Crippen LogP contribution in [0.3, 0.4) is 0 Å². The first-order valence-electron chi connectivity index (χ1n) is 10.9. The van der Waals surface area contributed by atoms with Crippen molar-refractivity contribution in [2.24, 2.45) is 5.92 Å². The molecule has 0 N–H and O–H groups in total. The summed E-state index contributed by atoms with van der Waals surface area (Å²) in [5, 5.41) is 5.24. The van der Waals surface area contributed by atoms with Gasteiger partial charge in [-0.1, -0.05) is 97.1 Å². The second kappa shape index (κ2) is 6.72. The fraction of sp³-hybridized carbons (Fsp3) is 0.143. The Kier molecular flexibility index (Phi) is 3.64. The van der Waals surface area contributed by atoms with E-state index in [2.05, 4.69) is 83.8 Å². The van der Waals surface area contributed by atoms with Crippen molar-refractivity contribution in [3.63, 3.8) is 0 Å². The van der Waals surface area contributed by atoms with Crippen LogP contribution in [0.2, 0.25) is 0 Å². The summed E-state index contributed by atoms with van der Waals surface area (Å²) in [6.07, 6.45) is 6.11. The van der Waals surface area contributed by atoms with Crippen LogP contribution < -0.4 is 0 Å². The van der Waals surface area contributed by atoms with Gasteiger partial charge in [-0.25, -0.2) is 0 Å². The Labute approximate surface area is 173 Å². The summed E-state index contributed by atoms with van der Waals surface area (Å²) >= 11 is 0. The zero-order chi connectivity index (χ0) is 20.1. The van der Waals surface area contributed by atoms with Crippen LogP contribution in [0.25, 0.3) is 32.7 Å². The van der Waals surface area contributed by atoms with Gasteiger partial charge in [-0.05, 0) is 43.8 Å². The molecule has 1 heterocycles. The average Bonchev–Trinajstić information content (AvgIpc) is 3.09. The van der Waals surface area contributed by atoms with Crippen LogP contribution in [0.1, 0.15) is 12.5 Å². The molecule has 140 valence electrons. The van der Waals surface area contributed by atoms with Gasteiger partial charge in [-0.2, -0.15) is 0 Å². The molecule has 0 amide bonds. The van der Waals surface area contributed by atoms with E-state index in [9.17, 15) is 0 Å². The summed E-state index contributed by atoms with van der Waals surface area (Å²) in [5.74, 6) is 0.191. The fourth-order valence-electron chi connectivity index (χ4n) is 4.97. The first-order chi connectivity index (χ1) is 14.8. The molecule has 0 bridgehead atoms. The number of benzene rings is 4. The molecule has 1 atom stereocenters. The molecule has 29 heavy (non-hydrogen) atoms. The lowest BCUT2D eigenvalue weighted by Gasteiger charge is -2.23. The van der Waals surface area contributed by atoms with Crippen LogP contribution in [0.15, 0.2) is 97.1 Å². The zero-order valence-corrected chi connectivity index (χ0v) is 16.3. The number of rotatable bonds is 2. The smallest absolute Gasteiger partial charge is 0.0583 e. The minimum absolute atomic E-state index is 0.191. The summed E-state index contributed by atoms with van der Waals surface area (Å²) in [6, 6.07) is 27.3. The van der Waals surface area contributed by atoms with Crippen molar-refractivity contribution in [3.8, 4) is 11.1 Å². The van der Waals surface area contributed by atoms with Crippen LogP contribution in [-0.4, -0.2) is 11.4 Å². The van der Waals surface area contributed by atoms with Crippen molar-refractivity contribution < 1.29 is 1.37 Å². The summed E-state index contributed by atoms with van der Waals surface area (Å²) in [5.41, 5.74) is 5.51. The average molecular weight is 375 g/mol. The lowest BCUT2D eigenvalue weighted by molar-refractivity contribution is 0.247. The number of hydrogen-bond donors (Lipinski definition) is 0. The van der Waals surface area contributed by atoms with Crippen molar-refractivity contribution in [2.75, 3.05) is 6.54 Å². The molecule has 0 fully saturated rings. The Morgan fingerprint density at radius 1 is 0.724 bits per heavy atom. The topological polar surface area (TPSA) is 3.24 Å². The van der Waals surface area contributed by atoms with E-state index >= 15 is 0 Å². The Balaban J connectivity index is 1.60. The van der Waals surface area contributed by atoms with Gasteiger partial charge in [0, 0.05) is 25.6 Å². The van der Waals surface area contributed by atoms with Gasteiger partial charge in [0.15, 0.2) is 0 Å². The molecule has 6 rings (SSSR count). The summed E-state index contributed by atoms with van der Waals surface area (Å²) in [4.78, 5) is 2.51. The molecular weight excluding hydrogens is 350 g/mol. The van der Waals surface area contributed by atoms with E-state index < -0.39 is 0 Å². The van der Waals surface area contributed by atoms with E-state index in [0.717, 1.165) is 25.7 Å². The molecule has 4 aromatic rings. The predicted molar refractivity (Wildman–Crippen MR) is 123 cm³/mol. The molecule has 1 aliphatic carbocycles. The van der Waals surface area contributed by atoms with Gasteiger partial charge in [0.1, 0.15) is 0 Å². The lowest BCUT2D eigenvalue weighted by atomic mass is 9.88. The number of nitrogens with zero attached hydrogens (tertiary/aromatic N) is 1. The molecule has 0 saturated heterocycles. The molecule has 1 nitrogen and oxygen atoms in total. The highest BCUT2D eigenvalue weighted by molar-refractivity contribution is 6.08. The Hall–Kier alpha value is -3.16. The fourth-order valence-corrected chi connectivity index (χ4v) is 4.97. The molecule has 1 aliphatic heterocycles. The molecule has 2 aliphatic rings. The highest BCUT2D eigenvalue weighted by Crippen LogP contribution is 2.42. The molecule has 0 aromatic heterocycles. The summed E-state index contributed by atoms with van der Waals surface area (Å²) in [6.45, 7) is 2.69. The van der Waals surface area contributed by atoms with Crippen LogP contribution in [0.5, 0.6) is 0 Å². The first-order valence-corrected chi connectivity index (χ1v) is 10.4.